The van der Waals surface area contributed by atoms with Gasteiger partial charge in [0.1, 0.15) is 0 Å². The zero-order valence-electron chi connectivity index (χ0n) is 7.12. The van der Waals surface area contributed by atoms with Crippen LogP contribution < -0.4 is 11.1 Å². The Balaban J connectivity index is 2.23. The minimum Gasteiger partial charge on any atom is -0.352 e. The fourth-order valence-corrected chi connectivity index (χ4v) is 1.73. The lowest BCUT2D eigenvalue weighted by atomic mass is 10.4. The first kappa shape index (κ1) is 10.3. The molecule has 3 amide bonds. The normalized spacial score (nSPS) is 22.1. The Morgan fingerprint density at radius 1 is 1.77 bits per heavy atom. The van der Waals surface area contributed by atoms with E-state index in [1.165, 1.54) is 0 Å². The van der Waals surface area contributed by atoms with Crippen molar-refractivity contribution in [3.8, 4) is 0 Å². The quantitative estimate of drug-likeness (QED) is 0.672. The van der Waals surface area contributed by atoms with Gasteiger partial charge in [-0.25, -0.2) is 4.79 Å². The number of amides is 3. The van der Waals surface area contributed by atoms with Crippen molar-refractivity contribution in [3.05, 3.63) is 0 Å². The molecule has 1 rings (SSSR count). The van der Waals surface area contributed by atoms with Crippen molar-refractivity contribution in [2.75, 3.05) is 19.6 Å². The van der Waals surface area contributed by atoms with Crippen molar-refractivity contribution in [2.45, 2.75) is 11.2 Å². The van der Waals surface area contributed by atoms with E-state index < -0.39 is 6.03 Å². The topological polar surface area (TPSA) is 75.4 Å². The Kier molecular flexibility index (Phi) is 3.53. The predicted molar refractivity (Wildman–Crippen MR) is 51.5 cm³/mol. The maximum Gasteiger partial charge on any atom is 0.312 e. The molecule has 6 heteroatoms. The molecule has 0 bridgehead atoms. The Labute approximate surface area is 84.8 Å². The van der Waals surface area contributed by atoms with Gasteiger partial charge >= 0.3 is 6.03 Å². The van der Waals surface area contributed by atoms with Crippen LogP contribution in [0, 0.1) is 0 Å². The van der Waals surface area contributed by atoms with Gasteiger partial charge in [0.15, 0.2) is 0 Å². The molecule has 0 aromatic carbocycles. The summed E-state index contributed by atoms with van der Waals surface area (Å²) in [6.07, 6.45) is 0.829. The molecule has 0 aliphatic carbocycles. The molecule has 1 atom stereocenters. The average Bonchev–Trinajstić information content (AvgIpc) is 2.35. The van der Waals surface area contributed by atoms with Gasteiger partial charge in [-0.05, 0) is 6.42 Å². The molecular formula is C7H12BrN3O2. The minimum absolute atomic E-state index is 0.0546. The molecule has 1 saturated heterocycles. The third kappa shape index (κ3) is 2.87. The van der Waals surface area contributed by atoms with Crippen LogP contribution in [0.5, 0.6) is 0 Å². The van der Waals surface area contributed by atoms with Gasteiger partial charge in [0.05, 0.1) is 4.83 Å². The number of nitrogens with one attached hydrogen (secondary N) is 1. The number of hydrogen-bond donors (Lipinski definition) is 2. The summed E-state index contributed by atoms with van der Waals surface area (Å²) in [5, 5.41) is 2.44. The zero-order valence-corrected chi connectivity index (χ0v) is 8.71. The van der Waals surface area contributed by atoms with Gasteiger partial charge in [-0.3, -0.25) is 4.79 Å². The predicted octanol–water partition coefficient (Wildman–Crippen LogP) is -0.349. The van der Waals surface area contributed by atoms with Crippen LogP contribution in [0.1, 0.15) is 6.42 Å². The summed E-state index contributed by atoms with van der Waals surface area (Å²) >= 11 is 3.26. The highest BCUT2D eigenvalue weighted by atomic mass is 79.9. The van der Waals surface area contributed by atoms with Crippen LogP contribution in [0.25, 0.3) is 0 Å². The SMILES string of the molecule is NC(=O)NCCN1CCC(Br)C1=O. The fraction of sp³-hybridized carbons (Fsp3) is 0.714. The van der Waals surface area contributed by atoms with Gasteiger partial charge in [-0.2, -0.15) is 0 Å². The van der Waals surface area contributed by atoms with Crippen LogP contribution in [0.4, 0.5) is 4.79 Å². The Morgan fingerprint density at radius 2 is 2.46 bits per heavy atom. The zero-order chi connectivity index (χ0) is 9.84. The van der Waals surface area contributed by atoms with Crippen molar-refractivity contribution in [2.24, 2.45) is 5.73 Å². The largest absolute Gasteiger partial charge is 0.352 e. The van der Waals surface area contributed by atoms with Crippen LogP contribution in [-0.2, 0) is 4.79 Å². The standard InChI is InChI=1S/C7H12BrN3O2/c8-5-1-3-11(6(5)12)4-2-10-7(9)13/h5H,1-4H2,(H3,9,10,13). The van der Waals surface area contributed by atoms with Crippen molar-refractivity contribution in [3.63, 3.8) is 0 Å². The van der Waals surface area contributed by atoms with Gasteiger partial charge in [0, 0.05) is 19.6 Å². The molecule has 1 unspecified atom stereocenters. The van der Waals surface area contributed by atoms with E-state index in [9.17, 15) is 9.59 Å². The summed E-state index contributed by atoms with van der Waals surface area (Å²) in [6.45, 7) is 1.69. The molecule has 1 heterocycles. The molecule has 0 aromatic heterocycles. The highest BCUT2D eigenvalue weighted by Crippen LogP contribution is 2.17. The number of primary amides is 1. The lowest BCUT2D eigenvalue weighted by Gasteiger charge is -2.15. The highest BCUT2D eigenvalue weighted by Gasteiger charge is 2.28. The van der Waals surface area contributed by atoms with E-state index in [1.807, 2.05) is 0 Å². The molecule has 1 aliphatic rings. The number of halogens is 1. The van der Waals surface area contributed by atoms with Gasteiger partial charge in [-0.15, -0.1) is 0 Å². The number of hydrogen-bond acceptors (Lipinski definition) is 2. The number of urea groups is 1. The van der Waals surface area contributed by atoms with Crippen LogP contribution in [0.15, 0.2) is 0 Å². The summed E-state index contributed by atoms with van der Waals surface area (Å²) in [5.41, 5.74) is 4.88. The Hall–Kier alpha value is -0.780. The summed E-state index contributed by atoms with van der Waals surface area (Å²) in [4.78, 5) is 23.3. The maximum absolute atomic E-state index is 11.3. The third-order valence-corrected chi connectivity index (χ3v) is 2.76. The van der Waals surface area contributed by atoms with E-state index in [0.717, 1.165) is 13.0 Å². The fourth-order valence-electron chi connectivity index (χ4n) is 1.24. The van der Waals surface area contributed by atoms with E-state index in [4.69, 9.17) is 5.73 Å². The number of carbonyl (C=O) groups is 2. The van der Waals surface area contributed by atoms with Crippen molar-refractivity contribution in [1.82, 2.24) is 10.2 Å². The van der Waals surface area contributed by atoms with Gasteiger partial charge in [0.2, 0.25) is 5.91 Å². The van der Waals surface area contributed by atoms with Crippen LogP contribution in [0.3, 0.4) is 0 Å². The number of nitrogens with zero attached hydrogens (tertiary/aromatic N) is 1. The molecular weight excluding hydrogens is 238 g/mol. The lowest BCUT2D eigenvalue weighted by molar-refractivity contribution is -0.127. The number of alkyl halides is 1. The molecule has 13 heavy (non-hydrogen) atoms. The number of likely N-dealkylation sites (tertiary alicyclic amines) is 1. The summed E-state index contributed by atoms with van der Waals surface area (Å²) < 4.78 is 0. The van der Waals surface area contributed by atoms with Crippen molar-refractivity contribution in [1.29, 1.82) is 0 Å². The van der Waals surface area contributed by atoms with Gasteiger partial charge in [0.25, 0.3) is 0 Å². The number of rotatable bonds is 3. The van der Waals surface area contributed by atoms with Gasteiger partial charge < -0.3 is 16.0 Å². The van der Waals surface area contributed by atoms with E-state index in [0.29, 0.717) is 13.1 Å². The highest BCUT2D eigenvalue weighted by molar-refractivity contribution is 9.10. The minimum atomic E-state index is -0.554. The molecule has 0 saturated carbocycles. The summed E-state index contributed by atoms with van der Waals surface area (Å²) in [7, 11) is 0. The maximum atomic E-state index is 11.3. The third-order valence-electron chi connectivity index (χ3n) is 1.91. The second-order valence-electron chi connectivity index (χ2n) is 2.87. The molecule has 0 spiro atoms. The first-order chi connectivity index (χ1) is 6.11. The summed E-state index contributed by atoms with van der Waals surface area (Å²) in [5.74, 6) is 0.0891. The lowest BCUT2D eigenvalue weighted by Crippen LogP contribution is -2.38. The van der Waals surface area contributed by atoms with Crippen LogP contribution in [0.2, 0.25) is 0 Å². The first-order valence-corrected chi connectivity index (χ1v) is 4.99. The van der Waals surface area contributed by atoms with E-state index in [2.05, 4.69) is 21.2 Å². The molecule has 3 N–H and O–H groups in total. The molecule has 0 aromatic rings. The first-order valence-electron chi connectivity index (χ1n) is 4.07. The second kappa shape index (κ2) is 4.45. The monoisotopic (exact) mass is 249 g/mol. The van der Waals surface area contributed by atoms with Crippen molar-refractivity contribution < 1.29 is 9.59 Å². The number of carbonyl (C=O) groups excluding carboxylic acids is 2. The Morgan fingerprint density at radius 3 is 2.92 bits per heavy atom. The van der Waals surface area contributed by atoms with E-state index in [1.54, 1.807) is 4.90 Å². The summed E-state index contributed by atoms with van der Waals surface area (Å²) in [6, 6.07) is -0.554. The Bertz CT molecular complexity index is 222. The molecule has 74 valence electrons. The molecule has 5 nitrogen and oxygen atoms in total. The van der Waals surface area contributed by atoms with Gasteiger partial charge in [-0.1, -0.05) is 15.9 Å². The van der Waals surface area contributed by atoms with Crippen LogP contribution in [-0.4, -0.2) is 41.3 Å². The average molecular weight is 250 g/mol. The molecule has 1 fully saturated rings. The van der Waals surface area contributed by atoms with Crippen LogP contribution >= 0.6 is 15.9 Å². The smallest absolute Gasteiger partial charge is 0.312 e. The van der Waals surface area contributed by atoms with E-state index >= 15 is 0 Å². The van der Waals surface area contributed by atoms with Crippen molar-refractivity contribution >= 4 is 27.9 Å². The number of nitrogens with two attached hydrogens (primary N) is 1. The van der Waals surface area contributed by atoms with E-state index in [-0.39, 0.29) is 10.7 Å². The second-order valence-corrected chi connectivity index (χ2v) is 3.98. The molecule has 1 aliphatic heterocycles. The molecule has 0 radical (unpaired) electrons.